The van der Waals surface area contributed by atoms with Crippen LogP contribution >= 0.6 is 0 Å². The van der Waals surface area contributed by atoms with Gasteiger partial charge in [-0.2, -0.15) is 13.2 Å². The van der Waals surface area contributed by atoms with Crippen LogP contribution in [0.25, 0.3) is 0 Å². The predicted molar refractivity (Wildman–Crippen MR) is 229 cm³/mol. The minimum absolute atomic E-state index is 0.128. The van der Waals surface area contributed by atoms with Crippen LogP contribution in [0, 0.1) is 46.3 Å². The van der Waals surface area contributed by atoms with Crippen LogP contribution in [0.1, 0.15) is 121 Å². The molecule has 5 fully saturated rings. The van der Waals surface area contributed by atoms with Crippen LogP contribution in [-0.4, -0.2) is 42.4 Å². The smallest absolute Gasteiger partial charge is 0.391 e. The fourth-order valence-corrected chi connectivity index (χ4v) is 11.9. The third-order valence-corrected chi connectivity index (χ3v) is 15.2. The first-order valence-corrected chi connectivity index (χ1v) is 22.8. The largest absolute Gasteiger partial charge is 0.479 e. The number of alkyl halides is 3. The molecule has 6 nitrogen and oxygen atoms in total. The highest BCUT2D eigenvalue weighted by Gasteiger charge is 2.61. The van der Waals surface area contributed by atoms with Gasteiger partial charge in [0.05, 0.1) is 31.8 Å². The van der Waals surface area contributed by atoms with Crippen molar-refractivity contribution < 1.29 is 42.0 Å². The monoisotopic (exact) mass is 835 g/mol. The summed E-state index contributed by atoms with van der Waals surface area (Å²) in [5.41, 5.74) is 3.83. The summed E-state index contributed by atoms with van der Waals surface area (Å²) in [6.07, 6.45) is 5.05. The maximum absolute atomic E-state index is 13.4. The van der Waals surface area contributed by atoms with E-state index in [0.717, 1.165) is 61.2 Å². The summed E-state index contributed by atoms with van der Waals surface area (Å²) in [4.78, 5) is 11.4. The number of aliphatic carboxylic acids is 1. The van der Waals surface area contributed by atoms with E-state index in [1.807, 2.05) is 80.6 Å². The number of carboxylic acids is 1. The van der Waals surface area contributed by atoms with Crippen molar-refractivity contribution in [3.63, 3.8) is 0 Å². The average Bonchev–Trinajstić information content (AvgIpc) is 3.61. The van der Waals surface area contributed by atoms with Gasteiger partial charge >= 0.3 is 12.1 Å². The van der Waals surface area contributed by atoms with Crippen molar-refractivity contribution in [2.45, 2.75) is 149 Å². The Balaban J connectivity index is 0.000000200. The second-order valence-electron chi connectivity index (χ2n) is 18.4. The number of fused-ring (bicyclic) bond motifs is 5. The first kappa shape index (κ1) is 46.3. The van der Waals surface area contributed by atoms with Crippen molar-refractivity contribution in [3.8, 4) is 0 Å². The van der Waals surface area contributed by atoms with Gasteiger partial charge in [0, 0.05) is 19.4 Å². The van der Waals surface area contributed by atoms with E-state index in [4.69, 9.17) is 18.9 Å². The lowest BCUT2D eigenvalue weighted by molar-refractivity contribution is -0.232. The summed E-state index contributed by atoms with van der Waals surface area (Å²) in [6.45, 7) is 11.3. The number of hydrogen-bond acceptors (Lipinski definition) is 5. The van der Waals surface area contributed by atoms with Gasteiger partial charge in [-0.05, 0) is 121 Å². The van der Waals surface area contributed by atoms with Gasteiger partial charge < -0.3 is 24.1 Å². The highest BCUT2D eigenvalue weighted by Crippen LogP contribution is 2.68. The van der Waals surface area contributed by atoms with Gasteiger partial charge in [0.1, 0.15) is 0 Å². The molecule has 0 aromatic heterocycles. The quantitative estimate of drug-likeness (QED) is 0.183. The SMILES string of the molecule is CC.CC12CCC3C(CCC4CC(C(F)(F)F)CCC43C)C1CCC2CCOCc1ccccc1.O=C(O)C1CC(OCc2ccccc2)CC(OCc2ccccc2)O1. The second kappa shape index (κ2) is 21.2. The van der Waals surface area contributed by atoms with Crippen LogP contribution in [0.15, 0.2) is 91.0 Å². The van der Waals surface area contributed by atoms with Crippen LogP contribution in [0.4, 0.5) is 13.2 Å². The minimum Gasteiger partial charge on any atom is -0.479 e. The molecule has 4 saturated carbocycles. The molecule has 0 radical (unpaired) electrons. The third kappa shape index (κ3) is 11.4. The summed E-state index contributed by atoms with van der Waals surface area (Å²) in [5, 5.41) is 9.31. The van der Waals surface area contributed by atoms with E-state index >= 15 is 0 Å². The predicted octanol–water partition coefficient (Wildman–Crippen LogP) is 12.8. The van der Waals surface area contributed by atoms with E-state index < -0.39 is 30.5 Å². The molecule has 3 aromatic rings. The van der Waals surface area contributed by atoms with E-state index in [1.165, 1.54) is 31.2 Å². The van der Waals surface area contributed by atoms with Gasteiger partial charge in [-0.3, -0.25) is 0 Å². The highest BCUT2D eigenvalue weighted by molar-refractivity contribution is 5.72. The summed E-state index contributed by atoms with van der Waals surface area (Å²) in [5.74, 6) is 1.07. The van der Waals surface area contributed by atoms with Gasteiger partial charge in [0.2, 0.25) is 0 Å². The van der Waals surface area contributed by atoms with Crippen LogP contribution in [0.3, 0.4) is 0 Å². The van der Waals surface area contributed by atoms with E-state index in [0.29, 0.717) is 56.8 Å². The molecule has 1 heterocycles. The number of ether oxygens (including phenoxy) is 4. The number of carboxylic acid groups (broad SMARTS) is 1. The molecule has 1 saturated heterocycles. The lowest BCUT2D eigenvalue weighted by Gasteiger charge is -2.61. The molecule has 330 valence electrons. The molecule has 3 aromatic carbocycles. The summed E-state index contributed by atoms with van der Waals surface area (Å²) in [7, 11) is 0. The Bertz CT molecular complexity index is 1670. The van der Waals surface area contributed by atoms with Crippen molar-refractivity contribution in [1.82, 2.24) is 0 Å². The van der Waals surface area contributed by atoms with E-state index in [9.17, 15) is 23.1 Å². The summed E-state index contributed by atoms with van der Waals surface area (Å²) in [6, 6.07) is 29.9. The molecule has 4 aliphatic carbocycles. The Morgan fingerprint density at radius 1 is 0.700 bits per heavy atom. The molecular formula is C51H69F3O6. The zero-order valence-corrected chi connectivity index (χ0v) is 36.3. The lowest BCUT2D eigenvalue weighted by Crippen LogP contribution is -2.54. The van der Waals surface area contributed by atoms with Crippen molar-refractivity contribution in [1.29, 1.82) is 0 Å². The standard InChI is InChI=1S/C29H41F3O.C20H22O5.C2H6/c1-27-16-13-26-24(10-8-22-18-23(29(30,31)32)12-15-28(22,26)2)25(27)11-9-21(27)14-17-33-19-20-6-4-3-5-7-20;21-20(22)18-11-17(23-13-15-7-3-1-4-8-15)12-19(25-18)24-14-16-9-5-2-6-10-16;1-2/h3-7,21-26H,8-19H2,1-2H3;1-10,17-19H,11-14H2,(H,21,22);1-2H3. The summed E-state index contributed by atoms with van der Waals surface area (Å²) >= 11 is 0. The van der Waals surface area contributed by atoms with Crippen molar-refractivity contribution in [2.75, 3.05) is 6.61 Å². The molecule has 11 atom stereocenters. The van der Waals surface area contributed by atoms with Gasteiger partial charge in [-0.25, -0.2) is 4.79 Å². The number of benzene rings is 3. The molecule has 0 spiro atoms. The first-order valence-electron chi connectivity index (χ1n) is 22.8. The zero-order valence-electron chi connectivity index (χ0n) is 36.3. The molecular weight excluding hydrogens is 766 g/mol. The Morgan fingerprint density at radius 2 is 1.27 bits per heavy atom. The number of rotatable bonds is 12. The van der Waals surface area contributed by atoms with Crippen LogP contribution < -0.4 is 0 Å². The van der Waals surface area contributed by atoms with Gasteiger partial charge in [-0.15, -0.1) is 0 Å². The van der Waals surface area contributed by atoms with Gasteiger partial charge in [-0.1, -0.05) is 119 Å². The molecule has 1 aliphatic heterocycles. The molecule has 11 unspecified atom stereocenters. The Labute approximate surface area is 356 Å². The highest BCUT2D eigenvalue weighted by atomic mass is 19.4. The summed E-state index contributed by atoms with van der Waals surface area (Å²) < 4.78 is 63.6. The zero-order chi connectivity index (χ0) is 42.8. The molecule has 8 rings (SSSR count). The van der Waals surface area contributed by atoms with Crippen molar-refractivity contribution in [3.05, 3.63) is 108 Å². The van der Waals surface area contributed by atoms with Gasteiger partial charge in [0.15, 0.2) is 12.4 Å². The van der Waals surface area contributed by atoms with Crippen LogP contribution in [0.2, 0.25) is 0 Å². The third-order valence-electron chi connectivity index (χ3n) is 15.2. The van der Waals surface area contributed by atoms with Gasteiger partial charge in [0.25, 0.3) is 0 Å². The fourth-order valence-electron chi connectivity index (χ4n) is 11.9. The molecule has 5 aliphatic rings. The number of carbonyl (C=O) groups is 1. The minimum atomic E-state index is -4.01. The maximum atomic E-state index is 13.4. The molecule has 1 N–H and O–H groups in total. The molecule has 0 bridgehead atoms. The van der Waals surface area contributed by atoms with Crippen molar-refractivity contribution >= 4 is 5.97 Å². The average molecular weight is 835 g/mol. The Hall–Kier alpha value is -3.24. The molecule has 60 heavy (non-hydrogen) atoms. The first-order chi connectivity index (χ1) is 28.9. The van der Waals surface area contributed by atoms with E-state index in [2.05, 4.69) is 38.1 Å². The fraction of sp³-hybridized carbons (Fsp3) is 0.627. The second-order valence-corrected chi connectivity index (χ2v) is 18.4. The van der Waals surface area contributed by atoms with Crippen LogP contribution in [-0.2, 0) is 43.6 Å². The van der Waals surface area contributed by atoms with E-state index in [-0.39, 0.29) is 17.4 Å². The van der Waals surface area contributed by atoms with Crippen molar-refractivity contribution in [2.24, 2.45) is 46.3 Å². The molecule has 9 heteroatoms. The number of halogens is 3. The van der Waals surface area contributed by atoms with Crippen LogP contribution in [0.5, 0.6) is 0 Å². The molecule has 0 amide bonds. The Kier molecular flexibility index (Phi) is 16.4. The maximum Gasteiger partial charge on any atom is 0.391 e. The Morgan fingerprint density at radius 3 is 1.87 bits per heavy atom. The van der Waals surface area contributed by atoms with E-state index in [1.54, 1.807) is 0 Å². The lowest BCUT2D eigenvalue weighted by atomic mass is 9.44. The normalized spacial score (nSPS) is 33.4. The number of hydrogen-bond donors (Lipinski definition) is 1. The topological polar surface area (TPSA) is 74.2 Å².